The molecule has 0 unspecified atom stereocenters. The standard InChI is InChI=1S/C13H19BrN2O2/c1-2-3-6-17-7-8-18-10-4-5-11(13(15)16)12(14)9-10/h4-5,9H,2-3,6-8H2,1H3,(H3,15,16). The van der Waals surface area contributed by atoms with Crippen LogP contribution in [-0.4, -0.2) is 25.7 Å². The van der Waals surface area contributed by atoms with Crippen LogP contribution in [0.2, 0.25) is 0 Å². The Morgan fingerprint density at radius 2 is 2.11 bits per heavy atom. The van der Waals surface area contributed by atoms with Crippen LogP contribution in [0.5, 0.6) is 5.75 Å². The molecular weight excluding hydrogens is 296 g/mol. The minimum absolute atomic E-state index is 0.0383. The zero-order valence-electron chi connectivity index (χ0n) is 10.5. The lowest BCUT2D eigenvalue weighted by Gasteiger charge is -2.09. The quantitative estimate of drug-likeness (QED) is 0.440. The maximum atomic E-state index is 7.37. The summed E-state index contributed by atoms with van der Waals surface area (Å²) < 4.78 is 11.7. The van der Waals surface area contributed by atoms with E-state index in [2.05, 4.69) is 22.9 Å². The summed E-state index contributed by atoms with van der Waals surface area (Å²) >= 11 is 3.36. The molecule has 0 radical (unpaired) electrons. The number of amidine groups is 1. The first-order valence-electron chi connectivity index (χ1n) is 5.99. The van der Waals surface area contributed by atoms with Crippen molar-refractivity contribution in [3.63, 3.8) is 0 Å². The highest BCUT2D eigenvalue weighted by Crippen LogP contribution is 2.22. The Kier molecular flexibility index (Phi) is 6.75. The number of unbranched alkanes of at least 4 members (excludes halogenated alkanes) is 1. The number of nitrogens with one attached hydrogen (secondary N) is 1. The molecule has 0 aliphatic rings. The van der Waals surface area contributed by atoms with Crippen LogP contribution < -0.4 is 10.5 Å². The van der Waals surface area contributed by atoms with Crippen molar-refractivity contribution in [3.8, 4) is 5.75 Å². The van der Waals surface area contributed by atoms with Gasteiger partial charge in [0.1, 0.15) is 18.2 Å². The zero-order chi connectivity index (χ0) is 13.4. The molecule has 0 saturated carbocycles. The minimum Gasteiger partial charge on any atom is -0.491 e. The fourth-order valence-electron chi connectivity index (χ4n) is 1.37. The monoisotopic (exact) mass is 314 g/mol. The molecule has 18 heavy (non-hydrogen) atoms. The van der Waals surface area contributed by atoms with Crippen LogP contribution in [0, 0.1) is 5.41 Å². The molecular formula is C13H19BrN2O2. The van der Waals surface area contributed by atoms with E-state index < -0.39 is 0 Å². The highest BCUT2D eigenvalue weighted by atomic mass is 79.9. The Morgan fingerprint density at radius 1 is 1.33 bits per heavy atom. The first-order chi connectivity index (χ1) is 8.65. The molecule has 5 heteroatoms. The SMILES string of the molecule is CCCCOCCOc1ccc(C(=N)N)c(Br)c1. The second-order valence-corrected chi connectivity index (χ2v) is 4.72. The van der Waals surface area contributed by atoms with E-state index in [1.807, 2.05) is 6.07 Å². The molecule has 0 fully saturated rings. The van der Waals surface area contributed by atoms with Crippen LogP contribution in [0.15, 0.2) is 22.7 Å². The van der Waals surface area contributed by atoms with Crippen LogP contribution in [0.4, 0.5) is 0 Å². The van der Waals surface area contributed by atoms with E-state index in [0.29, 0.717) is 18.8 Å². The van der Waals surface area contributed by atoms with Crippen LogP contribution in [0.3, 0.4) is 0 Å². The van der Waals surface area contributed by atoms with Gasteiger partial charge in [-0.2, -0.15) is 0 Å². The number of hydrogen-bond acceptors (Lipinski definition) is 3. The molecule has 0 atom stereocenters. The molecule has 0 aromatic heterocycles. The van der Waals surface area contributed by atoms with Gasteiger partial charge in [-0.05, 0) is 40.5 Å². The molecule has 0 aliphatic carbocycles. The number of nitrogen functional groups attached to an aromatic ring is 1. The molecule has 1 rings (SSSR count). The van der Waals surface area contributed by atoms with E-state index in [4.69, 9.17) is 20.6 Å². The Hall–Kier alpha value is -1.07. The number of benzene rings is 1. The topological polar surface area (TPSA) is 68.3 Å². The van der Waals surface area contributed by atoms with Crippen molar-refractivity contribution in [2.45, 2.75) is 19.8 Å². The summed E-state index contributed by atoms with van der Waals surface area (Å²) in [5.41, 5.74) is 6.09. The highest BCUT2D eigenvalue weighted by molar-refractivity contribution is 9.10. The van der Waals surface area contributed by atoms with Crippen LogP contribution in [-0.2, 0) is 4.74 Å². The summed E-state index contributed by atoms with van der Waals surface area (Å²) in [6.45, 7) is 4.03. The average molecular weight is 315 g/mol. The van der Waals surface area contributed by atoms with Gasteiger partial charge in [-0.3, -0.25) is 5.41 Å². The van der Waals surface area contributed by atoms with Gasteiger partial charge in [0.15, 0.2) is 0 Å². The maximum Gasteiger partial charge on any atom is 0.123 e. The largest absolute Gasteiger partial charge is 0.491 e. The smallest absolute Gasteiger partial charge is 0.123 e. The number of hydrogen-bond donors (Lipinski definition) is 2. The van der Waals surface area contributed by atoms with Gasteiger partial charge in [0.25, 0.3) is 0 Å². The van der Waals surface area contributed by atoms with Gasteiger partial charge in [0, 0.05) is 16.6 Å². The molecule has 0 aliphatic heterocycles. The van der Waals surface area contributed by atoms with E-state index in [0.717, 1.165) is 29.7 Å². The summed E-state index contributed by atoms with van der Waals surface area (Å²) in [7, 11) is 0. The third kappa shape index (κ3) is 5.06. The maximum absolute atomic E-state index is 7.37. The first kappa shape index (κ1) is 15.0. The van der Waals surface area contributed by atoms with E-state index in [-0.39, 0.29) is 5.84 Å². The van der Waals surface area contributed by atoms with Gasteiger partial charge in [0.05, 0.1) is 6.61 Å². The van der Waals surface area contributed by atoms with Crippen molar-refractivity contribution < 1.29 is 9.47 Å². The lowest BCUT2D eigenvalue weighted by atomic mass is 10.2. The molecule has 0 amide bonds. The summed E-state index contributed by atoms with van der Waals surface area (Å²) in [4.78, 5) is 0. The average Bonchev–Trinajstić information content (AvgIpc) is 2.33. The molecule has 4 nitrogen and oxygen atoms in total. The Morgan fingerprint density at radius 3 is 2.72 bits per heavy atom. The Bertz CT molecular complexity index is 397. The number of ether oxygens (including phenoxy) is 2. The normalized spacial score (nSPS) is 10.3. The fourth-order valence-corrected chi connectivity index (χ4v) is 1.94. The number of nitrogens with two attached hydrogens (primary N) is 1. The number of halogens is 1. The van der Waals surface area contributed by atoms with Gasteiger partial charge < -0.3 is 15.2 Å². The van der Waals surface area contributed by atoms with E-state index in [1.54, 1.807) is 12.1 Å². The van der Waals surface area contributed by atoms with Gasteiger partial charge in [-0.25, -0.2) is 0 Å². The summed E-state index contributed by atoms with van der Waals surface area (Å²) in [6, 6.07) is 5.37. The molecule has 0 spiro atoms. The van der Waals surface area contributed by atoms with Gasteiger partial charge in [-0.15, -0.1) is 0 Å². The molecule has 100 valence electrons. The predicted molar refractivity (Wildman–Crippen MR) is 76.4 cm³/mol. The van der Waals surface area contributed by atoms with Crippen molar-refractivity contribution >= 4 is 21.8 Å². The van der Waals surface area contributed by atoms with Gasteiger partial charge in [0.2, 0.25) is 0 Å². The fraction of sp³-hybridized carbons (Fsp3) is 0.462. The van der Waals surface area contributed by atoms with Crippen LogP contribution in [0.25, 0.3) is 0 Å². The predicted octanol–water partition coefficient (Wildman–Crippen LogP) is 2.93. The van der Waals surface area contributed by atoms with Crippen molar-refractivity contribution in [2.75, 3.05) is 19.8 Å². The summed E-state index contributed by atoms with van der Waals surface area (Å²) in [5.74, 6) is 0.780. The molecule has 0 heterocycles. The van der Waals surface area contributed by atoms with Gasteiger partial charge in [-0.1, -0.05) is 13.3 Å². The van der Waals surface area contributed by atoms with Crippen molar-refractivity contribution in [3.05, 3.63) is 28.2 Å². The third-order valence-corrected chi connectivity index (χ3v) is 3.03. The summed E-state index contributed by atoms with van der Waals surface area (Å²) in [6.07, 6.45) is 2.22. The highest BCUT2D eigenvalue weighted by Gasteiger charge is 2.04. The van der Waals surface area contributed by atoms with Crippen molar-refractivity contribution in [2.24, 2.45) is 5.73 Å². The van der Waals surface area contributed by atoms with Crippen LogP contribution >= 0.6 is 15.9 Å². The minimum atomic E-state index is 0.0383. The van der Waals surface area contributed by atoms with E-state index in [9.17, 15) is 0 Å². The molecule has 0 saturated heterocycles. The second-order valence-electron chi connectivity index (χ2n) is 3.87. The molecule has 1 aromatic carbocycles. The lowest BCUT2D eigenvalue weighted by molar-refractivity contribution is 0.0980. The molecule has 3 N–H and O–H groups in total. The molecule has 0 bridgehead atoms. The number of rotatable bonds is 8. The second kappa shape index (κ2) is 8.11. The summed E-state index contributed by atoms with van der Waals surface area (Å²) in [5, 5.41) is 7.37. The van der Waals surface area contributed by atoms with Gasteiger partial charge >= 0.3 is 0 Å². The van der Waals surface area contributed by atoms with Crippen LogP contribution in [0.1, 0.15) is 25.3 Å². The van der Waals surface area contributed by atoms with E-state index in [1.165, 1.54) is 0 Å². The third-order valence-electron chi connectivity index (χ3n) is 2.37. The zero-order valence-corrected chi connectivity index (χ0v) is 12.1. The van der Waals surface area contributed by atoms with E-state index >= 15 is 0 Å². The Labute approximate surface area is 116 Å². The van der Waals surface area contributed by atoms with Crippen molar-refractivity contribution in [1.29, 1.82) is 5.41 Å². The Balaban J connectivity index is 2.35. The lowest BCUT2D eigenvalue weighted by Crippen LogP contribution is -2.12. The molecule has 1 aromatic rings. The first-order valence-corrected chi connectivity index (χ1v) is 6.79. The van der Waals surface area contributed by atoms with Crippen molar-refractivity contribution in [1.82, 2.24) is 0 Å².